The molecule has 0 aromatic heterocycles. The first-order chi connectivity index (χ1) is 12.1. The lowest BCUT2D eigenvalue weighted by Crippen LogP contribution is -2.28. The molecule has 2 rings (SSSR count). The molecule has 0 bridgehead atoms. The van der Waals surface area contributed by atoms with E-state index in [1.54, 1.807) is 19.2 Å². The number of benzene rings is 2. The Labute approximate surface area is 144 Å². The molecule has 0 radical (unpaired) electrons. The molecule has 0 spiro atoms. The maximum absolute atomic E-state index is 13.4. The fraction of sp³-hybridized carbons (Fsp3) is 0.278. The van der Waals surface area contributed by atoms with E-state index >= 15 is 0 Å². The first-order valence-electron chi connectivity index (χ1n) is 7.63. The monoisotopic (exact) mass is 351 g/mol. The van der Waals surface area contributed by atoms with Crippen LogP contribution < -0.4 is 14.8 Å². The number of hydrogen-bond donors (Lipinski definition) is 1. The summed E-state index contributed by atoms with van der Waals surface area (Å²) in [5.74, 6) is -1.45. The van der Waals surface area contributed by atoms with Crippen LogP contribution in [0.1, 0.15) is 5.56 Å². The molecule has 5 nitrogen and oxygen atoms in total. The Morgan fingerprint density at radius 3 is 2.72 bits per heavy atom. The van der Waals surface area contributed by atoms with Crippen molar-refractivity contribution in [2.75, 3.05) is 26.9 Å². The highest BCUT2D eigenvalue weighted by Crippen LogP contribution is 2.17. The number of amides is 1. The third-order valence-electron chi connectivity index (χ3n) is 3.20. The largest absolute Gasteiger partial charge is 0.491 e. The second-order valence-electron chi connectivity index (χ2n) is 5.13. The molecule has 0 aliphatic rings. The number of nitrogens with one attached hydrogen (secondary N) is 1. The number of carbonyl (C=O) groups is 1. The predicted molar refractivity (Wildman–Crippen MR) is 87.5 cm³/mol. The quantitative estimate of drug-likeness (QED) is 0.706. The molecule has 25 heavy (non-hydrogen) atoms. The van der Waals surface area contributed by atoms with Crippen molar-refractivity contribution >= 4 is 5.91 Å². The van der Waals surface area contributed by atoms with E-state index in [0.29, 0.717) is 19.0 Å². The van der Waals surface area contributed by atoms with E-state index in [-0.39, 0.29) is 12.3 Å². The lowest BCUT2D eigenvalue weighted by molar-refractivity contribution is -0.123. The number of carbonyl (C=O) groups excluding carboxylic acids is 1. The highest BCUT2D eigenvalue weighted by molar-refractivity contribution is 5.77. The van der Waals surface area contributed by atoms with Crippen molar-refractivity contribution in [1.29, 1.82) is 0 Å². The molecule has 0 unspecified atom stereocenters. The van der Waals surface area contributed by atoms with Gasteiger partial charge in [0.2, 0.25) is 0 Å². The summed E-state index contributed by atoms with van der Waals surface area (Å²) in [6.07, 6.45) is 0. The van der Waals surface area contributed by atoms with Crippen LogP contribution >= 0.6 is 0 Å². The minimum atomic E-state index is -0.727. The van der Waals surface area contributed by atoms with Crippen LogP contribution in [0.3, 0.4) is 0 Å². The average molecular weight is 351 g/mol. The second kappa shape index (κ2) is 9.58. The zero-order chi connectivity index (χ0) is 18.1. The second-order valence-corrected chi connectivity index (χ2v) is 5.13. The standard InChI is InChI=1S/C18H19F2NO4/c1-23-7-8-24-15-4-2-3-13(9-15)11-21-18(22)12-25-17-10-14(19)5-6-16(17)20/h2-6,9-10H,7-8,11-12H2,1H3,(H,21,22). The summed E-state index contributed by atoms with van der Waals surface area (Å²) in [6, 6.07) is 10.0. The summed E-state index contributed by atoms with van der Waals surface area (Å²) in [5.41, 5.74) is 0.834. The molecule has 7 heteroatoms. The summed E-state index contributed by atoms with van der Waals surface area (Å²) < 4.78 is 41.8. The molecular weight excluding hydrogens is 332 g/mol. The SMILES string of the molecule is COCCOc1cccc(CNC(=O)COc2cc(F)ccc2F)c1. The molecule has 0 saturated carbocycles. The first kappa shape index (κ1) is 18.7. The van der Waals surface area contributed by atoms with Crippen LogP contribution in [0.5, 0.6) is 11.5 Å². The number of rotatable bonds is 9. The van der Waals surface area contributed by atoms with Crippen molar-refractivity contribution in [2.24, 2.45) is 0 Å². The van der Waals surface area contributed by atoms with Crippen LogP contribution in [0.4, 0.5) is 8.78 Å². The normalized spacial score (nSPS) is 10.4. The van der Waals surface area contributed by atoms with Crippen molar-refractivity contribution in [3.63, 3.8) is 0 Å². The van der Waals surface area contributed by atoms with Gasteiger partial charge in [0.1, 0.15) is 18.2 Å². The molecule has 134 valence electrons. The third-order valence-corrected chi connectivity index (χ3v) is 3.20. The number of ether oxygens (including phenoxy) is 3. The summed E-state index contributed by atoms with van der Waals surface area (Å²) in [4.78, 5) is 11.8. The molecule has 2 aromatic carbocycles. The Morgan fingerprint density at radius 2 is 1.92 bits per heavy atom. The molecule has 0 fully saturated rings. The van der Waals surface area contributed by atoms with Gasteiger partial charge < -0.3 is 19.5 Å². The Kier molecular flexibility index (Phi) is 7.16. The highest BCUT2D eigenvalue weighted by atomic mass is 19.1. The van der Waals surface area contributed by atoms with Gasteiger partial charge in [-0.3, -0.25) is 4.79 Å². The Balaban J connectivity index is 1.79. The van der Waals surface area contributed by atoms with E-state index in [2.05, 4.69) is 5.32 Å². The summed E-state index contributed by atoms with van der Waals surface area (Å²) >= 11 is 0. The van der Waals surface area contributed by atoms with Crippen LogP contribution in [0, 0.1) is 11.6 Å². The van der Waals surface area contributed by atoms with E-state index in [0.717, 1.165) is 23.8 Å². The van der Waals surface area contributed by atoms with Gasteiger partial charge in [0.25, 0.3) is 5.91 Å². The van der Waals surface area contributed by atoms with Crippen LogP contribution in [0.15, 0.2) is 42.5 Å². The third kappa shape index (κ3) is 6.39. The van der Waals surface area contributed by atoms with Crippen LogP contribution in [0.25, 0.3) is 0 Å². The number of halogens is 2. The zero-order valence-electron chi connectivity index (χ0n) is 13.8. The van der Waals surface area contributed by atoms with Gasteiger partial charge in [0.05, 0.1) is 6.61 Å². The van der Waals surface area contributed by atoms with Gasteiger partial charge in [-0.25, -0.2) is 8.78 Å². The van der Waals surface area contributed by atoms with Gasteiger partial charge in [0, 0.05) is 19.7 Å². The van der Waals surface area contributed by atoms with Gasteiger partial charge in [-0.05, 0) is 29.8 Å². The average Bonchev–Trinajstić information content (AvgIpc) is 2.61. The van der Waals surface area contributed by atoms with Crippen molar-refractivity contribution in [3.05, 3.63) is 59.7 Å². The van der Waals surface area contributed by atoms with E-state index in [1.807, 2.05) is 12.1 Å². The zero-order valence-corrected chi connectivity index (χ0v) is 13.8. The van der Waals surface area contributed by atoms with Gasteiger partial charge in [0.15, 0.2) is 18.2 Å². The Bertz CT molecular complexity index is 709. The molecule has 0 heterocycles. The fourth-order valence-corrected chi connectivity index (χ4v) is 1.97. The molecule has 0 aliphatic carbocycles. The summed E-state index contributed by atoms with van der Waals surface area (Å²) in [7, 11) is 1.59. The summed E-state index contributed by atoms with van der Waals surface area (Å²) in [5, 5.41) is 2.64. The smallest absolute Gasteiger partial charge is 0.258 e. The van der Waals surface area contributed by atoms with E-state index < -0.39 is 24.1 Å². The molecule has 1 amide bonds. The molecule has 0 saturated heterocycles. The highest BCUT2D eigenvalue weighted by Gasteiger charge is 2.08. The van der Waals surface area contributed by atoms with Gasteiger partial charge in [-0.1, -0.05) is 12.1 Å². The maximum atomic E-state index is 13.4. The lowest BCUT2D eigenvalue weighted by Gasteiger charge is -2.10. The first-order valence-corrected chi connectivity index (χ1v) is 7.63. The van der Waals surface area contributed by atoms with Crippen LogP contribution in [-0.2, 0) is 16.1 Å². The van der Waals surface area contributed by atoms with Crippen molar-refractivity contribution in [2.45, 2.75) is 6.54 Å². The number of methoxy groups -OCH3 is 1. The summed E-state index contributed by atoms with van der Waals surface area (Å²) in [6.45, 7) is 0.758. The molecular formula is C18H19F2NO4. The fourth-order valence-electron chi connectivity index (χ4n) is 1.97. The lowest BCUT2D eigenvalue weighted by atomic mass is 10.2. The van der Waals surface area contributed by atoms with Crippen molar-refractivity contribution in [3.8, 4) is 11.5 Å². The van der Waals surface area contributed by atoms with Gasteiger partial charge in [-0.15, -0.1) is 0 Å². The van der Waals surface area contributed by atoms with E-state index in [1.165, 1.54) is 0 Å². The van der Waals surface area contributed by atoms with E-state index in [4.69, 9.17) is 14.2 Å². The van der Waals surface area contributed by atoms with Crippen molar-refractivity contribution in [1.82, 2.24) is 5.32 Å². The van der Waals surface area contributed by atoms with Gasteiger partial charge >= 0.3 is 0 Å². The van der Waals surface area contributed by atoms with Crippen LogP contribution in [-0.4, -0.2) is 32.8 Å². The maximum Gasteiger partial charge on any atom is 0.258 e. The molecule has 0 atom stereocenters. The predicted octanol–water partition coefficient (Wildman–Crippen LogP) is 2.69. The Morgan fingerprint density at radius 1 is 1.08 bits per heavy atom. The molecule has 0 aliphatic heterocycles. The topological polar surface area (TPSA) is 56.8 Å². The molecule has 2 aromatic rings. The van der Waals surface area contributed by atoms with Gasteiger partial charge in [-0.2, -0.15) is 0 Å². The van der Waals surface area contributed by atoms with E-state index in [9.17, 15) is 13.6 Å². The number of hydrogen-bond acceptors (Lipinski definition) is 4. The van der Waals surface area contributed by atoms with Crippen molar-refractivity contribution < 1.29 is 27.8 Å². The van der Waals surface area contributed by atoms with Crippen LogP contribution in [0.2, 0.25) is 0 Å². The Hall–Kier alpha value is -2.67. The molecule has 1 N–H and O–H groups in total. The minimum Gasteiger partial charge on any atom is -0.491 e. The minimum absolute atomic E-state index is 0.259.